The summed E-state index contributed by atoms with van der Waals surface area (Å²) in [6.45, 7) is 3.38. The molecule has 0 saturated heterocycles. The van der Waals surface area contributed by atoms with Gasteiger partial charge < -0.3 is 5.11 Å². The highest BCUT2D eigenvalue weighted by Gasteiger charge is 2.06. The van der Waals surface area contributed by atoms with Crippen LogP contribution in [0.4, 0.5) is 11.4 Å². The van der Waals surface area contributed by atoms with Gasteiger partial charge in [0.05, 0.1) is 16.9 Å². The monoisotopic (exact) mass is 254 g/mol. The van der Waals surface area contributed by atoms with Crippen molar-refractivity contribution in [3.05, 3.63) is 53.6 Å². The first-order valence-corrected chi connectivity index (χ1v) is 5.88. The molecule has 2 aromatic rings. The topological polar surface area (TPSA) is 62.0 Å². The van der Waals surface area contributed by atoms with Crippen LogP contribution in [0.3, 0.4) is 0 Å². The van der Waals surface area contributed by atoms with Crippen LogP contribution < -0.4 is 0 Å². The second-order valence-electron chi connectivity index (χ2n) is 4.30. The molecule has 0 aliphatic carbocycles. The Bertz CT molecular complexity index is 648. The number of benzene rings is 2. The molecule has 2 rings (SSSR count). The molecular formula is C15H14N2O2. The Hall–Kier alpha value is -2.49. The maximum atomic E-state index is 11.3. The summed E-state index contributed by atoms with van der Waals surface area (Å²) in [5.41, 5.74) is 2.63. The lowest BCUT2D eigenvalue weighted by Crippen LogP contribution is -1.91. The number of carbonyl (C=O) groups is 1. The number of Topliss-reactive ketones (excluding diaryl/α,β-unsaturated/α-hetero) is 1. The average Bonchev–Trinajstić information content (AvgIpc) is 2.37. The van der Waals surface area contributed by atoms with E-state index in [0.717, 1.165) is 11.3 Å². The highest BCUT2D eigenvalue weighted by Crippen LogP contribution is 2.25. The van der Waals surface area contributed by atoms with Gasteiger partial charge in [0.2, 0.25) is 0 Å². The Morgan fingerprint density at radius 2 is 1.74 bits per heavy atom. The first kappa shape index (κ1) is 13.0. The van der Waals surface area contributed by atoms with Crippen molar-refractivity contribution in [3.8, 4) is 5.75 Å². The third-order valence-corrected chi connectivity index (χ3v) is 2.64. The molecular weight excluding hydrogens is 240 g/mol. The third kappa shape index (κ3) is 3.25. The van der Waals surface area contributed by atoms with Crippen LogP contribution in [0.1, 0.15) is 22.8 Å². The summed E-state index contributed by atoms with van der Waals surface area (Å²) >= 11 is 0. The van der Waals surface area contributed by atoms with Crippen LogP contribution in [0.2, 0.25) is 0 Å². The predicted molar refractivity (Wildman–Crippen MR) is 73.5 cm³/mol. The van der Waals surface area contributed by atoms with Crippen molar-refractivity contribution in [2.45, 2.75) is 13.8 Å². The minimum Gasteiger partial charge on any atom is -0.507 e. The van der Waals surface area contributed by atoms with Crippen molar-refractivity contribution in [1.82, 2.24) is 0 Å². The fourth-order valence-electron chi connectivity index (χ4n) is 1.67. The quantitative estimate of drug-likeness (QED) is 0.655. The largest absolute Gasteiger partial charge is 0.507 e. The van der Waals surface area contributed by atoms with Crippen molar-refractivity contribution < 1.29 is 9.90 Å². The van der Waals surface area contributed by atoms with E-state index < -0.39 is 0 Å². The van der Waals surface area contributed by atoms with E-state index in [1.165, 1.54) is 19.1 Å². The van der Waals surface area contributed by atoms with Crippen molar-refractivity contribution in [2.75, 3.05) is 0 Å². The maximum absolute atomic E-state index is 11.3. The van der Waals surface area contributed by atoms with E-state index in [-0.39, 0.29) is 17.1 Å². The van der Waals surface area contributed by atoms with E-state index in [1.54, 1.807) is 6.07 Å². The average molecular weight is 254 g/mol. The second kappa shape index (κ2) is 5.44. The zero-order valence-corrected chi connectivity index (χ0v) is 10.8. The molecule has 0 radical (unpaired) electrons. The second-order valence-corrected chi connectivity index (χ2v) is 4.30. The van der Waals surface area contributed by atoms with Crippen LogP contribution in [0.25, 0.3) is 0 Å². The molecule has 96 valence electrons. The first-order valence-electron chi connectivity index (χ1n) is 5.88. The van der Waals surface area contributed by atoms with Crippen molar-refractivity contribution in [1.29, 1.82) is 0 Å². The molecule has 4 heteroatoms. The van der Waals surface area contributed by atoms with E-state index in [9.17, 15) is 9.90 Å². The number of ketones is 1. The van der Waals surface area contributed by atoms with Gasteiger partial charge in [0.15, 0.2) is 5.78 Å². The molecule has 4 nitrogen and oxygen atoms in total. The van der Waals surface area contributed by atoms with E-state index in [2.05, 4.69) is 10.2 Å². The van der Waals surface area contributed by atoms with Gasteiger partial charge in [-0.15, -0.1) is 0 Å². The number of hydrogen-bond donors (Lipinski definition) is 1. The Balaban J connectivity index is 2.29. The molecule has 0 unspecified atom stereocenters. The number of nitrogens with zero attached hydrogens (tertiary/aromatic N) is 2. The Kier molecular flexibility index (Phi) is 3.71. The van der Waals surface area contributed by atoms with Crippen LogP contribution in [0.15, 0.2) is 52.7 Å². The van der Waals surface area contributed by atoms with Crippen LogP contribution >= 0.6 is 0 Å². The molecule has 0 aliphatic heterocycles. The molecule has 0 spiro atoms. The molecule has 0 aromatic heterocycles. The van der Waals surface area contributed by atoms with E-state index in [1.807, 2.05) is 31.2 Å². The van der Waals surface area contributed by atoms with Gasteiger partial charge in [0, 0.05) is 0 Å². The zero-order chi connectivity index (χ0) is 13.8. The lowest BCUT2D eigenvalue weighted by Gasteiger charge is -2.01. The van der Waals surface area contributed by atoms with Gasteiger partial charge in [-0.3, -0.25) is 4.79 Å². The maximum Gasteiger partial charge on any atom is 0.163 e. The SMILES string of the molecule is CC(=O)c1cc(N=Nc2cccc(C)c2)ccc1O. The van der Waals surface area contributed by atoms with Gasteiger partial charge in [0.1, 0.15) is 5.75 Å². The van der Waals surface area contributed by atoms with E-state index in [0.29, 0.717) is 5.69 Å². The molecule has 0 amide bonds. The van der Waals surface area contributed by atoms with Crippen molar-refractivity contribution in [2.24, 2.45) is 10.2 Å². The summed E-state index contributed by atoms with van der Waals surface area (Å²) in [6.07, 6.45) is 0. The standard InChI is InChI=1S/C15H14N2O2/c1-10-4-3-5-12(8-10)16-17-13-6-7-15(19)14(9-13)11(2)18/h3-9,19H,1-2H3. The van der Waals surface area contributed by atoms with Gasteiger partial charge in [0.25, 0.3) is 0 Å². The number of hydrogen-bond acceptors (Lipinski definition) is 4. The molecule has 2 aromatic carbocycles. The van der Waals surface area contributed by atoms with Crippen LogP contribution in [-0.4, -0.2) is 10.9 Å². The number of phenolic OH excluding ortho intramolecular Hbond substituents is 1. The summed E-state index contributed by atoms with van der Waals surface area (Å²) < 4.78 is 0. The number of aryl methyl sites for hydroxylation is 1. The number of rotatable bonds is 3. The Labute approximate surface area is 111 Å². The molecule has 0 fully saturated rings. The normalized spacial score (nSPS) is 10.8. The molecule has 0 heterocycles. The van der Waals surface area contributed by atoms with E-state index >= 15 is 0 Å². The van der Waals surface area contributed by atoms with Gasteiger partial charge in [-0.2, -0.15) is 10.2 Å². The highest BCUT2D eigenvalue weighted by atomic mass is 16.3. The van der Waals surface area contributed by atoms with Gasteiger partial charge in [-0.05, 0) is 49.7 Å². The summed E-state index contributed by atoms with van der Waals surface area (Å²) in [6, 6.07) is 12.2. The van der Waals surface area contributed by atoms with Gasteiger partial charge in [-0.25, -0.2) is 0 Å². The summed E-state index contributed by atoms with van der Waals surface area (Å²) in [7, 11) is 0. The van der Waals surface area contributed by atoms with Crippen molar-refractivity contribution in [3.63, 3.8) is 0 Å². The summed E-state index contributed by atoms with van der Waals surface area (Å²) in [5, 5.41) is 17.7. The molecule has 19 heavy (non-hydrogen) atoms. The number of phenols is 1. The molecule has 0 aliphatic rings. The smallest absolute Gasteiger partial charge is 0.163 e. The van der Waals surface area contributed by atoms with Crippen LogP contribution in [-0.2, 0) is 0 Å². The number of aromatic hydroxyl groups is 1. The fraction of sp³-hybridized carbons (Fsp3) is 0.133. The summed E-state index contributed by atoms with van der Waals surface area (Å²) in [5.74, 6) is -0.243. The molecule has 1 N–H and O–H groups in total. The Morgan fingerprint density at radius 3 is 2.37 bits per heavy atom. The third-order valence-electron chi connectivity index (χ3n) is 2.64. The van der Waals surface area contributed by atoms with E-state index in [4.69, 9.17) is 0 Å². The number of azo groups is 1. The number of carbonyl (C=O) groups excluding carboxylic acids is 1. The zero-order valence-electron chi connectivity index (χ0n) is 10.8. The van der Waals surface area contributed by atoms with Crippen LogP contribution in [0, 0.1) is 6.92 Å². The minimum atomic E-state index is -0.204. The molecule has 0 atom stereocenters. The lowest BCUT2D eigenvalue weighted by molar-refractivity contribution is 0.101. The Morgan fingerprint density at radius 1 is 1.05 bits per heavy atom. The van der Waals surface area contributed by atoms with Gasteiger partial charge >= 0.3 is 0 Å². The predicted octanol–water partition coefficient (Wildman–Crippen LogP) is 4.32. The first-order chi connectivity index (χ1) is 9.06. The fourth-order valence-corrected chi connectivity index (χ4v) is 1.67. The molecule has 0 saturated carbocycles. The van der Waals surface area contributed by atoms with Gasteiger partial charge in [-0.1, -0.05) is 12.1 Å². The summed E-state index contributed by atoms with van der Waals surface area (Å²) in [4.78, 5) is 11.3. The molecule has 0 bridgehead atoms. The highest BCUT2D eigenvalue weighted by molar-refractivity contribution is 5.97. The lowest BCUT2D eigenvalue weighted by atomic mass is 10.1. The minimum absolute atomic E-state index is 0.0398. The van der Waals surface area contributed by atoms with Crippen molar-refractivity contribution >= 4 is 17.2 Å². The van der Waals surface area contributed by atoms with Crippen LogP contribution in [0.5, 0.6) is 5.75 Å².